The van der Waals surface area contributed by atoms with Crippen molar-refractivity contribution in [1.29, 1.82) is 0 Å². The molecular formula is C13H22N2O3. The van der Waals surface area contributed by atoms with Crippen LogP contribution in [0.25, 0.3) is 0 Å². The summed E-state index contributed by atoms with van der Waals surface area (Å²) in [7, 11) is 0. The Morgan fingerprint density at radius 2 is 2.17 bits per heavy atom. The number of hydrogen-bond acceptors (Lipinski definition) is 3. The highest BCUT2D eigenvalue weighted by Crippen LogP contribution is 2.38. The molecule has 102 valence electrons. The second-order valence-electron chi connectivity index (χ2n) is 5.73. The van der Waals surface area contributed by atoms with E-state index in [9.17, 15) is 14.7 Å². The van der Waals surface area contributed by atoms with Gasteiger partial charge in [-0.05, 0) is 31.7 Å². The highest BCUT2D eigenvalue weighted by Gasteiger charge is 2.49. The molecular weight excluding hydrogens is 232 g/mol. The summed E-state index contributed by atoms with van der Waals surface area (Å²) in [4.78, 5) is 25.5. The number of amides is 1. The third-order valence-electron chi connectivity index (χ3n) is 4.52. The monoisotopic (exact) mass is 254 g/mol. The van der Waals surface area contributed by atoms with Crippen molar-refractivity contribution in [1.82, 2.24) is 10.2 Å². The van der Waals surface area contributed by atoms with Crippen LogP contribution in [0.4, 0.5) is 0 Å². The lowest BCUT2D eigenvalue weighted by molar-refractivity contribution is -0.154. The van der Waals surface area contributed by atoms with Crippen LogP contribution in [0.1, 0.15) is 33.1 Å². The van der Waals surface area contributed by atoms with Crippen molar-refractivity contribution in [2.45, 2.75) is 39.2 Å². The largest absolute Gasteiger partial charge is 0.480 e. The van der Waals surface area contributed by atoms with Gasteiger partial charge in [0.1, 0.15) is 6.04 Å². The van der Waals surface area contributed by atoms with Crippen LogP contribution in [0.3, 0.4) is 0 Å². The summed E-state index contributed by atoms with van der Waals surface area (Å²) in [5.41, 5.74) is -0.405. The van der Waals surface area contributed by atoms with E-state index in [4.69, 9.17) is 0 Å². The van der Waals surface area contributed by atoms with Gasteiger partial charge < -0.3 is 15.3 Å². The number of carboxylic acid groups (broad SMARTS) is 1. The minimum Gasteiger partial charge on any atom is -0.480 e. The van der Waals surface area contributed by atoms with Gasteiger partial charge in [-0.1, -0.05) is 13.8 Å². The lowest BCUT2D eigenvalue weighted by Crippen LogP contribution is -2.51. The highest BCUT2D eigenvalue weighted by molar-refractivity contribution is 5.88. The van der Waals surface area contributed by atoms with E-state index in [1.165, 1.54) is 0 Å². The minimum atomic E-state index is -0.870. The van der Waals surface area contributed by atoms with E-state index in [0.717, 1.165) is 19.4 Å². The predicted octanol–water partition coefficient (Wildman–Crippen LogP) is 0.698. The number of aliphatic carboxylic acids is 1. The lowest BCUT2D eigenvalue weighted by Gasteiger charge is -2.36. The van der Waals surface area contributed by atoms with E-state index in [-0.39, 0.29) is 11.8 Å². The molecule has 2 saturated heterocycles. The Hall–Kier alpha value is -1.10. The number of carbonyl (C=O) groups excluding carboxylic acids is 1. The van der Waals surface area contributed by atoms with Gasteiger partial charge in [0.15, 0.2) is 0 Å². The average Bonchev–Trinajstić information content (AvgIpc) is 2.98. The molecule has 0 spiro atoms. The van der Waals surface area contributed by atoms with Crippen molar-refractivity contribution in [3.8, 4) is 0 Å². The van der Waals surface area contributed by atoms with Crippen LogP contribution in [0.2, 0.25) is 0 Å². The Morgan fingerprint density at radius 3 is 2.67 bits per heavy atom. The van der Waals surface area contributed by atoms with Crippen molar-refractivity contribution in [2.75, 3.05) is 19.6 Å². The maximum atomic E-state index is 12.7. The predicted molar refractivity (Wildman–Crippen MR) is 67.1 cm³/mol. The summed E-state index contributed by atoms with van der Waals surface area (Å²) in [6.45, 7) is 6.21. The summed E-state index contributed by atoms with van der Waals surface area (Å²) < 4.78 is 0. The molecule has 0 aromatic heterocycles. The fourth-order valence-corrected chi connectivity index (χ4v) is 3.19. The number of nitrogens with one attached hydrogen (secondary N) is 1. The Morgan fingerprint density at radius 1 is 1.44 bits per heavy atom. The Bertz CT molecular complexity index is 348. The number of carboxylic acids is 1. The van der Waals surface area contributed by atoms with Crippen molar-refractivity contribution < 1.29 is 14.7 Å². The maximum absolute atomic E-state index is 12.7. The molecule has 5 heteroatoms. The van der Waals surface area contributed by atoms with Crippen LogP contribution in [0.15, 0.2) is 0 Å². The minimum absolute atomic E-state index is 0.0346. The molecule has 2 atom stereocenters. The molecule has 0 aromatic rings. The topological polar surface area (TPSA) is 69.6 Å². The first-order chi connectivity index (χ1) is 8.49. The quantitative estimate of drug-likeness (QED) is 0.778. The molecule has 1 amide bonds. The zero-order valence-electron chi connectivity index (χ0n) is 11.1. The zero-order valence-corrected chi connectivity index (χ0v) is 11.1. The maximum Gasteiger partial charge on any atom is 0.326 e. The van der Waals surface area contributed by atoms with E-state index < -0.39 is 17.4 Å². The molecule has 2 aliphatic heterocycles. The van der Waals surface area contributed by atoms with E-state index in [1.54, 1.807) is 4.90 Å². The van der Waals surface area contributed by atoms with E-state index in [2.05, 4.69) is 19.2 Å². The van der Waals surface area contributed by atoms with Gasteiger partial charge in [0.05, 0.1) is 5.41 Å². The Labute approximate surface area is 108 Å². The fourth-order valence-electron chi connectivity index (χ4n) is 3.19. The normalized spacial score (nSPS) is 32.2. The summed E-state index contributed by atoms with van der Waals surface area (Å²) in [5, 5.41) is 12.4. The second kappa shape index (κ2) is 4.88. The van der Waals surface area contributed by atoms with Crippen molar-refractivity contribution in [3.05, 3.63) is 0 Å². The standard InChI is InChI=1S/C13H22N2O3/c1-9(2)13(5-6-14-8-13)12(18)15-7-3-4-10(15)11(16)17/h9-10,14H,3-8H2,1-2H3,(H,16,17)/t10-,13?/m0/s1. The van der Waals surface area contributed by atoms with Gasteiger partial charge in [0.2, 0.25) is 5.91 Å². The third-order valence-corrected chi connectivity index (χ3v) is 4.52. The number of carbonyl (C=O) groups is 2. The fraction of sp³-hybridized carbons (Fsp3) is 0.846. The molecule has 0 saturated carbocycles. The third kappa shape index (κ3) is 2.00. The van der Waals surface area contributed by atoms with Gasteiger partial charge in [-0.2, -0.15) is 0 Å². The Kier molecular flexibility index (Phi) is 3.61. The molecule has 0 radical (unpaired) electrons. The molecule has 0 aliphatic carbocycles. The molecule has 0 aromatic carbocycles. The van der Waals surface area contributed by atoms with E-state index in [0.29, 0.717) is 19.5 Å². The number of likely N-dealkylation sites (tertiary alicyclic amines) is 1. The van der Waals surface area contributed by atoms with Crippen LogP contribution in [0, 0.1) is 11.3 Å². The molecule has 2 rings (SSSR count). The molecule has 5 nitrogen and oxygen atoms in total. The lowest BCUT2D eigenvalue weighted by atomic mass is 9.75. The van der Waals surface area contributed by atoms with Crippen molar-refractivity contribution in [2.24, 2.45) is 11.3 Å². The number of rotatable bonds is 3. The van der Waals surface area contributed by atoms with Crippen LogP contribution >= 0.6 is 0 Å². The first-order valence-corrected chi connectivity index (χ1v) is 6.73. The van der Waals surface area contributed by atoms with Gasteiger partial charge in [0.25, 0.3) is 0 Å². The van der Waals surface area contributed by atoms with Gasteiger partial charge in [-0.25, -0.2) is 4.79 Å². The molecule has 2 heterocycles. The van der Waals surface area contributed by atoms with E-state index >= 15 is 0 Å². The molecule has 2 aliphatic rings. The zero-order chi connectivity index (χ0) is 13.3. The average molecular weight is 254 g/mol. The van der Waals surface area contributed by atoms with E-state index in [1.807, 2.05) is 0 Å². The van der Waals surface area contributed by atoms with Gasteiger partial charge in [-0.3, -0.25) is 4.79 Å². The number of nitrogens with zero attached hydrogens (tertiary/aromatic N) is 1. The summed E-state index contributed by atoms with van der Waals surface area (Å²) >= 11 is 0. The first kappa shape index (κ1) is 13.3. The number of hydrogen-bond donors (Lipinski definition) is 2. The SMILES string of the molecule is CC(C)C1(C(=O)N2CCC[C@H]2C(=O)O)CCNC1. The van der Waals surface area contributed by atoms with Gasteiger partial charge in [0, 0.05) is 13.1 Å². The molecule has 2 fully saturated rings. The van der Waals surface area contributed by atoms with Crippen molar-refractivity contribution in [3.63, 3.8) is 0 Å². The summed E-state index contributed by atoms with van der Waals surface area (Å²) in [6.07, 6.45) is 2.19. The molecule has 0 bridgehead atoms. The molecule has 2 N–H and O–H groups in total. The summed E-state index contributed by atoms with van der Waals surface area (Å²) in [5.74, 6) is -0.604. The highest BCUT2D eigenvalue weighted by atomic mass is 16.4. The van der Waals surface area contributed by atoms with Crippen LogP contribution < -0.4 is 5.32 Å². The van der Waals surface area contributed by atoms with Crippen molar-refractivity contribution >= 4 is 11.9 Å². The summed E-state index contributed by atoms with van der Waals surface area (Å²) in [6, 6.07) is -0.617. The molecule has 1 unspecified atom stereocenters. The second-order valence-corrected chi connectivity index (χ2v) is 5.73. The Balaban J connectivity index is 2.21. The van der Waals surface area contributed by atoms with Crippen LogP contribution in [0.5, 0.6) is 0 Å². The van der Waals surface area contributed by atoms with Crippen LogP contribution in [-0.4, -0.2) is 47.6 Å². The molecule has 18 heavy (non-hydrogen) atoms. The van der Waals surface area contributed by atoms with Crippen LogP contribution in [-0.2, 0) is 9.59 Å². The van der Waals surface area contributed by atoms with Gasteiger partial charge >= 0.3 is 5.97 Å². The smallest absolute Gasteiger partial charge is 0.326 e. The first-order valence-electron chi connectivity index (χ1n) is 6.73. The van der Waals surface area contributed by atoms with Gasteiger partial charge in [-0.15, -0.1) is 0 Å².